The van der Waals surface area contributed by atoms with Gasteiger partial charge >= 0.3 is 0 Å². The zero-order valence-electron chi connectivity index (χ0n) is 11.5. The van der Waals surface area contributed by atoms with Crippen molar-refractivity contribution in [2.24, 2.45) is 0 Å². The van der Waals surface area contributed by atoms with Gasteiger partial charge in [0, 0.05) is 22.2 Å². The van der Waals surface area contributed by atoms with Gasteiger partial charge in [-0.05, 0) is 29.8 Å². The van der Waals surface area contributed by atoms with E-state index in [0.717, 1.165) is 27.1 Å². The lowest BCUT2D eigenvalue weighted by atomic mass is 10.1. The Labute approximate surface area is 130 Å². The van der Waals surface area contributed by atoms with Gasteiger partial charge in [0.15, 0.2) is 0 Å². The number of nitrogens with zero attached hydrogens (tertiary/aromatic N) is 4. The minimum atomic E-state index is 0.451. The first-order valence-corrected chi connectivity index (χ1v) is 7.71. The second-order valence-corrected chi connectivity index (χ2v) is 5.88. The van der Waals surface area contributed by atoms with Crippen molar-refractivity contribution in [2.45, 2.75) is 10.6 Å². The van der Waals surface area contributed by atoms with Crippen LogP contribution in [0.2, 0.25) is 0 Å². The van der Waals surface area contributed by atoms with Crippen LogP contribution >= 0.6 is 11.8 Å². The number of aromatic amines is 1. The van der Waals surface area contributed by atoms with E-state index in [1.54, 1.807) is 18.0 Å². The third-order valence-electron chi connectivity index (χ3n) is 3.34. The molecule has 0 aliphatic rings. The summed E-state index contributed by atoms with van der Waals surface area (Å²) >= 11 is 1.67. The molecule has 0 atom stereocenters. The van der Waals surface area contributed by atoms with E-state index in [0.29, 0.717) is 11.5 Å². The molecule has 7 heteroatoms. The number of rotatable bonds is 3. The van der Waals surface area contributed by atoms with Crippen molar-refractivity contribution < 1.29 is 0 Å². The fourth-order valence-electron chi connectivity index (χ4n) is 2.31. The predicted octanol–water partition coefficient (Wildman–Crippen LogP) is 2.78. The first-order chi connectivity index (χ1) is 10.8. The highest BCUT2D eigenvalue weighted by Gasteiger charge is 2.09. The Balaban J connectivity index is 1.63. The highest BCUT2D eigenvalue weighted by Crippen LogP contribution is 2.29. The van der Waals surface area contributed by atoms with Crippen molar-refractivity contribution in [1.29, 1.82) is 0 Å². The first kappa shape index (κ1) is 13.0. The largest absolute Gasteiger partial charge is 0.384 e. The number of hydrogen-bond acceptors (Lipinski definition) is 6. The number of aromatic nitrogens is 5. The van der Waals surface area contributed by atoms with E-state index in [2.05, 4.69) is 43.6 Å². The van der Waals surface area contributed by atoms with Gasteiger partial charge in [-0.2, -0.15) is 10.3 Å². The second kappa shape index (κ2) is 5.27. The van der Waals surface area contributed by atoms with E-state index >= 15 is 0 Å². The monoisotopic (exact) mass is 308 g/mol. The lowest BCUT2D eigenvalue weighted by molar-refractivity contribution is 0.953. The van der Waals surface area contributed by atoms with Gasteiger partial charge in [0.2, 0.25) is 5.65 Å². The topological polar surface area (TPSA) is 93.4 Å². The van der Waals surface area contributed by atoms with E-state index in [1.165, 1.54) is 5.56 Å². The summed E-state index contributed by atoms with van der Waals surface area (Å²) in [5.41, 5.74) is 9.33. The van der Waals surface area contributed by atoms with E-state index in [-0.39, 0.29) is 0 Å². The number of thioether (sulfide) groups is 1. The standard InChI is InChI=1S/C15H12N6S/c16-13-7-12(14-15(18-13)20-21-19-14)22-8-9-3-4-11-10(6-9)2-1-5-17-11/h1-7H,8H2,(H3,16,18,19,20,21). The molecular formula is C15H12N6S. The van der Waals surface area contributed by atoms with Gasteiger partial charge in [-0.25, -0.2) is 4.98 Å². The van der Waals surface area contributed by atoms with Crippen LogP contribution in [-0.2, 0) is 5.75 Å². The summed E-state index contributed by atoms with van der Waals surface area (Å²) in [5, 5.41) is 11.9. The van der Waals surface area contributed by atoms with Crippen molar-refractivity contribution in [3.8, 4) is 0 Å². The van der Waals surface area contributed by atoms with E-state index < -0.39 is 0 Å². The maximum atomic E-state index is 5.81. The number of hydrogen-bond donors (Lipinski definition) is 2. The van der Waals surface area contributed by atoms with Crippen molar-refractivity contribution in [3.63, 3.8) is 0 Å². The Morgan fingerprint density at radius 2 is 2.09 bits per heavy atom. The van der Waals surface area contributed by atoms with Gasteiger partial charge in [0.25, 0.3) is 0 Å². The average Bonchev–Trinajstić information content (AvgIpc) is 3.00. The lowest BCUT2D eigenvalue weighted by Gasteiger charge is -2.05. The maximum Gasteiger partial charge on any atom is 0.204 e. The molecule has 0 saturated carbocycles. The van der Waals surface area contributed by atoms with Gasteiger partial charge in [-0.3, -0.25) is 4.98 Å². The molecule has 3 aromatic heterocycles. The number of H-pyrrole nitrogens is 1. The Morgan fingerprint density at radius 1 is 1.14 bits per heavy atom. The number of pyridine rings is 2. The number of anilines is 1. The summed E-state index contributed by atoms with van der Waals surface area (Å²) < 4.78 is 0. The van der Waals surface area contributed by atoms with Crippen LogP contribution in [0.15, 0.2) is 47.5 Å². The van der Waals surface area contributed by atoms with Gasteiger partial charge in [-0.15, -0.1) is 16.9 Å². The summed E-state index contributed by atoms with van der Waals surface area (Å²) in [6, 6.07) is 12.1. The fourth-order valence-corrected chi connectivity index (χ4v) is 3.29. The summed E-state index contributed by atoms with van der Waals surface area (Å²) in [4.78, 5) is 9.45. The molecule has 0 amide bonds. The van der Waals surface area contributed by atoms with E-state index in [4.69, 9.17) is 5.73 Å². The number of fused-ring (bicyclic) bond motifs is 2. The van der Waals surface area contributed by atoms with Crippen LogP contribution in [0.5, 0.6) is 0 Å². The Hall–Kier alpha value is -2.67. The third-order valence-corrected chi connectivity index (χ3v) is 4.44. The molecule has 0 aliphatic heterocycles. The Kier molecular flexibility index (Phi) is 3.12. The molecule has 22 heavy (non-hydrogen) atoms. The SMILES string of the molecule is Nc1cc(SCc2ccc3ncccc3c2)c2n[nH]nc2n1. The van der Waals surface area contributed by atoms with Gasteiger partial charge < -0.3 is 5.73 Å². The fraction of sp³-hybridized carbons (Fsp3) is 0.0667. The minimum Gasteiger partial charge on any atom is -0.384 e. The molecule has 0 spiro atoms. The Morgan fingerprint density at radius 3 is 3.05 bits per heavy atom. The molecule has 6 nitrogen and oxygen atoms in total. The zero-order valence-corrected chi connectivity index (χ0v) is 12.3. The molecule has 4 rings (SSSR count). The van der Waals surface area contributed by atoms with Crippen LogP contribution in [0.3, 0.4) is 0 Å². The van der Waals surface area contributed by atoms with E-state index in [1.807, 2.05) is 18.2 Å². The molecule has 4 aromatic rings. The average molecular weight is 308 g/mol. The molecule has 3 heterocycles. The van der Waals surface area contributed by atoms with Crippen molar-refractivity contribution >= 4 is 39.6 Å². The number of benzene rings is 1. The summed E-state index contributed by atoms with van der Waals surface area (Å²) in [5.74, 6) is 1.27. The molecular weight excluding hydrogens is 296 g/mol. The maximum absolute atomic E-state index is 5.81. The predicted molar refractivity (Wildman–Crippen MR) is 87.4 cm³/mol. The van der Waals surface area contributed by atoms with Crippen molar-refractivity contribution in [2.75, 3.05) is 5.73 Å². The minimum absolute atomic E-state index is 0.451. The van der Waals surface area contributed by atoms with Crippen LogP contribution < -0.4 is 5.73 Å². The van der Waals surface area contributed by atoms with Gasteiger partial charge in [0.1, 0.15) is 11.3 Å². The van der Waals surface area contributed by atoms with Crippen LogP contribution in [-0.4, -0.2) is 25.4 Å². The highest BCUT2D eigenvalue weighted by atomic mass is 32.2. The smallest absolute Gasteiger partial charge is 0.204 e. The van der Waals surface area contributed by atoms with Crippen LogP contribution in [0, 0.1) is 0 Å². The molecule has 0 unspecified atom stereocenters. The number of nitrogens with one attached hydrogen (secondary N) is 1. The van der Waals surface area contributed by atoms with Crippen molar-refractivity contribution in [1.82, 2.24) is 25.4 Å². The van der Waals surface area contributed by atoms with Crippen LogP contribution in [0.1, 0.15) is 5.56 Å². The molecule has 108 valence electrons. The molecule has 0 fully saturated rings. The van der Waals surface area contributed by atoms with Gasteiger partial charge in [0.05, 0.1) is 5.52 Å². The third kappa shape index (κ3) is 2.35. The molecule has 0 radical (unpaired) electrons. The summed E-state index contributed by atoms with van der Waals surface area (Å²) in [6.45, 7) is 0. The quantitative estimate of drug-likeness (QED) is 0.565. The lowest BCUT2D eigenvalue weighted by Crippen LogP contribution is -1.92. The van der Waals surface area contributed by atoms with Gasteiger partial charge in [-0.1, -0.05) is 12.1 Å². The molecule has 3 N–H and O–H groups in total. The second-order valence-electron chi connectivity index (χ2n) is 4.86. The van der Waals surface area contributed by atoms with Crippen LogP contribution in [0.25, 0.3) is 22.1 Å². The Bertz CT molecular complexity index is 964. The van der Waals surface area contributed by atoms with Crippen LogP contribution in [0.4, 0.5) is 5.82 Å². The molecule has 0 bridgehead atoms. The normalized spacial score (nSPS) is 11.3. The van der Waals surface area contributed by atoms with E-state index in [9.17, 15) is 0 Å². The molecule has 0 saturated heterocycles. The first-order valence-electron chi connectivity index (χ1n) is 6.73. The molecule has 1 aromatic carbocycles. The number of nitrogens with two attached hydrogens (primary N) is 1. The number of nitrogen functional groups attached to an aromatic ring is 1. The zero-order chi connectivity index (χ0) is 14.9. The highest BCUT2D eigenvalue weighted by molar-refractivity contribution is 7.98. The summed E-state index contributed by atoms with van der Waals surface area (Å²) in [7, 11) is 0. The molecule has 0 aliphatic carbocycles. The van der Waals surface area contributed by atoms with Crippen molar-refractivity contribution in [3.05, 3.63) is 48.2 Å². The summed E-state index contributed by atoms with van der Waals surface area (Å²) in [6.07, 6.45) is 1.80.